The Morgan fingerprint density at radius 2 is 2.25 bits per heavy atom. The maximum Gasteiger partial charge on any atom is 0.271 e. The van der Waals surface area contributed by atoms with Crippen LogP contribution in [0.15, 0.2) is 22.8 Å². The van der Waals surface area contributed by atoms with Crippen molar-refractivity contribution in [3.63, 3.8) is 0 Å². The molecule has 0 spiro atoms. The van der Waals surface area contributed by atoms with Crippen LogP contribution >= 0.6 is 15.9 Å². The number of nitrogens with one attached hydrogen (secondary N) is 2. The molecule has 0 saturated carbocycles. The zero-order valence-corrected chi connectivity index (χ0v) is 11.0. The highest BCUT2D eigenvalue weighted by atomic mass is 79.9. The van der Waals surface area contributed by atoms with Crippen LogP contribution in [0.4, 0.5) is 0 Å². The van der Waals surface area contributed by atoms with Crippen LogP contribution in [0.2, 0.25) is 0 Å². The number of carbonyl (C=O) groups excluding carboxylic acids is 1. The summed E-state index contributed by atoms with van der Waals surface area (Å²) in [6.45, 7) is 5.49. The lowest BCUT2D eigenvalue weighted by atomic mass is 10.3. The lowest BCUT2D eigenvalue weighted by Gasteiger charge is -2.09. The highest BCUT2D eigenvalue weighted by Gasteiger charge is 2.09. The maximum atomic E-state index is 11.7. The largest absolute Gasteiger partial charge is 0.349 e. The molecule has 16 heavy (non-hydrogen) atoms. The summed E-state index contributed by atoms with van der Waals surface area (Å²) in [7, 11) is 0. The number of nitrogens with zero attached hydrogens (tertiary/aromatic N) is 1. The Morgan fingerprint density at radius 3 is 2.88 bits per heavy atom. The molecule has 0 aliphatic carbocycles. The fourth-order valence-corrected chi connectivity index (χ4v) is 1.61. The van der Waals surface area contributed by atoms with Gasteiger partial charge < -0.3 is 10.6 Å². The second-order valence-corrected chi connectivity index (χ2v) is 4.55. The van der Waals surface area contributed by atoms with Crippen LogP contribution in [0, 0.1) is 0 Å². The summed E-state index contributed by atoms with van der Waals surface area (Å²) < 4.78 is 0.712. The van der Waals surface area contributed by atoms with Gasteiger partial charge >= 0.3 is 0 Å². The first-order valence-corrected chi connectivity index (χ1v) is 6.02. The van der Waals surface area contributed by atoms with E-state index >= 15 is 0 Å². The molecule has 1 rings (SSSR count). The van der Waals surface area contributed by atoms with Crippen molar-refractivity contribution in [1.29, 1.82) is 0 Å². The third-order valence-electron chi connectivity index (χ3n) is 1.94. The van der Waals surface area contributed by atoms with Gasteiger partial charge in [0, 0.05) is 29.8 Å². The van der Waals surface area contributed by atoms with Crippen LogP contribution in [0.3, 0.4) is 0 Å². The van der Waals surface area contributed by atoms with Gasteiger partial charge in [-0.15, -0.1) is 0 Å². The third kappa shape index (κ3) is 4.28. The second kappa shape index (κ2) is 6.60. The molecule has 0 bridgehead atoms. The molecule has 1 aromatic rings. The van der Waals surface area contributed by atoms with Crippen LogP contribution in [-0.2, 0) is 0 Å². The number of halogens is 1. The highest BCUT2D eigenvalue weighted by molar-refractivity contribution is 9.10. The molecule has 5 heteroatoms. The van der Waals surface area contributed by atoms with Crippen LogP contribution in [0.5, 0.6) is 0 Å². The predicted molar refractivity (Wildman–Crippen MR) is 67.4 cm³/mol. The van der Waals surface area contributed by atoms with Gasteiger partial charge in [0.15, 0.2) is 0 Å². The molecule has 88 valence electrons. The first-order valence-electron chi connectivity index (χ1n) is 5.23. The van der Waals surface area contributed by atoms with Gasteiger partial charge in [0.05, 0.1) is 0 Å². The standard InChI is InChI=1S/C11H16BrN3O/c1-8(2)13-6-7-15-11(16)10-9(12)4-3-5-14-10/h3-5,8,13H,6-7H2,1-2H3,(H,15,16). The average Bonchev–Trinajstić information content (AvgIpc) is 2.24. The SMILES string of the molecule is CC(C)NCCNC(=O)c1ncccc1Br. The quantitative estimate of drug-likeness (QED) is 0.808. The molecule has 0 fully saturated rings. The zero-order chi connectivity index (χ0) is 12.0. The lowest BCUT2D eigenvalue weighted by Crippen LogP contribution is -2.35. The Hall–Kier alpha value is -0.940. The fourth-order valence-electron chi connectivity index (χ4n) is 1.17. The molecular weight excluding hydrogens is 270 g/mol. The van der Waals surface area contributed by atoms with E-state index in [9.17, 15) is 4.79 Å². The normalized spacial score (nSPS) is 10.5. The molecule has 0 aliphatic rings. The number of amides is 1. The zero-order valence-electron chi connectivity index (χ0n) is 9.46. The minimum absolute atomic E-state index is 0.155. The summed E-state index contributed by atoms with van der Waals surface area (Å²) >= 11 is 3.29. The molecule has 0 aromatic carbocycles. The van der Waals surface area contributed by atoms with Crippen LogP contribution in [0.1, 0.15) is 24.3 Å². The van der Waals surface area contributed by atoms with Crippen molar-refractivity contribution in [3.05, 3.63) is 28.5 Å². The topological polar surface area (TPSA) is 54.0 Å². The Balaban J connectivity index is 2.39. The number of rotatable bonds is 5. The molecule has 0 saturated heterocycles. The van der Waals surface area contributed by atoms with Crippen molar-refractivity contribution >= 4 is 21.8 Å². The minimum Gasteiger partial charge on any atom is -0.349 e. The molecule has 4 nitrogen and oxygen atoms in total. The molecule has 0 unspecified atom stereocenters. The summed E-state index contributed by atoms with van der Waals surface area (Å²) in [4.78, 5) is 15.7. The molecule has 1 amide bonds. The lowest BCUT2D eigenvalue weighted by molar-refractivity contribution is 0.0948. The fraction of sp³-hybridized carbons (Fsp3) is 0.455. The molecule has 0 aliphatic heterocycles. The van der Waals surface area contributed by atoms with Gasteiger partial charge in [-0.05, 0) is 28.1 Å². The van der Waals surface area contributed by atoms with Gasteiger partial charge in [-0.3, -0.25) is 4.79 Å². The average molecular weight is 286 g/mol. The Kier molecular flexibility index (Phi) is 5.42. The van der Waals surface area contributed by atoms with Gasteiger partial charge in [0.2, 0.25) is 0 Å². The molecule has 1 aromatic heterocycles. The number of aromatic nitrogens is 1. The van der Waals surface area contributed by atoms with Gasteiger partial charge in [-0.2, -0.15) is 0 Å². The maximum absolute atomic E-state index is 11.7. The second-order valence-electron chi connectivity index (χ2n) is 3.70. The molecule has 2 N–H and O–H groups in total. The Labute approximate surface area is 104 Å². The molecule has 0 radical (unpaired) electrons. The van der Waals surface area contributed by atoms with Crippen molar-refractivity contribution < 1.29 is 4.79 Å². The van der Waals surface area contributed by atoms with Gasteiger partial charge in [-0.1, -0.05) is 13.8 Å². The van der Waals surface area contributed by atoms with E-state index in [0.29, 0.717) is 22.8 Å². The summed E-state index contributed by atoms with van der Waals surface area (Å²) in [6.07, 6.45) is 1.60. The number of pyridine rings is 1. The third-order valence-corrected chi connectivity index (χ3v) is 2.58. The first kappa shape index (κ1) is 13.1. The van der Waals surface area contributed by atoms with Crippen molar-refractivity contribution in [2.24, 2.45) is 0 Å². The predicted octanol–water partition coefficient (Wildman–Crippen LogP) is 1.57. The smallest absolute Gasteiger partial charge is 0.271 e. The van der Waals surface area contributed by atoms with Gasteiger partial charge in [-0.25, -0.2) is 4.98 Å². The minimum atomic E-state index is -0.155. The summed E-state index contributed by atoms with van der Waals surface area (Å²) in [5.41, 5.74) is 0.423. The van der Waals surface area contributed by atoms with E-state index in [1.807, 2.05) is 0 Å². The van der Waals surface area contributed by atoms with E-state index in [2.05, 4.69) is 45.4 Å². The Morgan fingerprint density at radius 1 is 1.50 bits per heavy atom. The van der Waals surface area contributed by atoms with E-state index in [0.717, 1.165) is 6.54 Å². The molecular formula is C11H16BrN3O. The summed E-state index contributed by atoms with van der Waals surface area (Å²) in [5, 5.41) is 6.02. The summed E-state index contributed by atoms with van der Waals surface area (Å²) in [6, 6.07) is 4.01. The monoisotopic (exact) mass is 285 g/mol. The van der Waals surface area contributed by atoms with E-state index in [1.54, 1.807) is 18.3 Å². The molecule has 1 heterocycles. The van der Waals surface area contributed by atoms with E-state index < -0.39 is 0 Å². The van der Waals surface area contributed by atoms with E-state index in [4.69, 9.17) is 0 Å². The van der Waals surface area contributed by atoms with Crippen molar-refractivity contribution in [1.82, 2.24) is 15.6 Å². The van der Waals surface area contributed by atoms with Crippen molar-refractivity contribution in [3.8, 4) is 0 Å². The first-order chi connectivity index (χ1) is 7.61. The van der Waals surface area contributed by atoms with Crippen molar-refractivity contribution in [2.75, 3.05) is 13.1 Å². The molecule has 0 atom stereocenters. The number of hydrogen-bond donors (Lipinski definition) is 2. The van der Waals surface area contributed by atoms with Crippen LogP contribution in [-0.4, -0.2) is 30.0 Å². The van der Waals surface area contributed by atoms with E-state index in [-0.39, 0.29) is 5.91 Å². The van der Waals surface area contributed by atoms with E-state index in [1.165, 1.54) is 0 Å². The van der Waals surface area contributed by atoms with Crippen molar-refractivity contribution in [2.45, 2.75) is 19.9 Å². The number of hydrogen-bond acceptors (Lipinski definition) is 3. The highest BCUT2D eigenvalue weighted by Crippen LogP contribution is 2.12. The van der Waals surface area contributed by atoms with Crippen LogP contribution < -0.4 is 10.6 Å². The van der Waals surface area contributed by atoms with Gasteiger partial charge in [0.1, 0.15) is 5.69 Å². The number of carbonyl (C=O) groups is 1. The van der Waals surface area contributed by atoms with Gasteiger partial charge in [0.25, 0.3) is 5.91 Å². The Bertz CT molecular complexity index is 355. The van der Waals surface area contributed by atoms with Crippen LogP contribution in [0.25, 0.3) is 0 Å². The summed E-state index contributed by atoms with van der Waals surface area (Å²) in [5.74, 6) is -0.155.